The number of ether oxygens (including phenoxy) is 3. The van der Waals surface area contributed by atoms with Gasteiger partial charge >= 0.3 is 5.97 Å². The number of pyridine rings is 1. The zero-order valence-electron chi connectivity index (χ0n) is 12.3. The predicted molar refractivity (Wildman–Crippen MR) is 74.7 cm³/mol. The molecular weight excluding hydrogens is 260 g/mol. The number of aromatic nitrogens is 1. The minimum absolute atomic E-state index is 0.107. The van der Waals surface area contributed by atoms with Gasteiger partial charge in [-0.25, -0.2) is 4.79 Å². The Morgan fingerprint density at radius 1 is 1.40 bits per heavy atom. The third kappa shape index (κ3) is 5.99. The minimum atomic E-state index is -0.383. The van der Waals surface area contributed by atoms with Crippen molar-refractivity contribution in [3.63, 3.8) is 0 Å². The zero-order chi connectivity index (χ0) is 14.8. The minimum Gasteiger partial charge on any atom is -0.480 e. The molecule has 0 atom stereocenters. The van der Waals surface area contributed by atoms with Crippen LogP contribution in [0.15, 0.2) is 12.1 Å². The summed E-state index contributed by atoms with van der Waals surface area (Å²) >= 11 is 0. The van der Waals surface area contributed by atoms with Crippen LogP contribution < -0.4 is 10.1 Å². The molecule has 1 rings (SSSR count). The molecule has 0 amide bonds. The van der Waals surface area contributed by atoms with Crippen molar-refractivity contribution in [2.45, 2.75) is 20.4 Å². The second kappa shape index (κ2) is 9.28. The van der Waals surface area contributed by atoms with Gasteiger partial charge in [-0.2, -0.15) is 0 Å². The van der Waals surface area contributed by atoms with Crippen molar-refractivity contribution in [1.29, 1.82) is 0 Å². The van der Waals surface area contributed by atoms with Crippen molar-refractivity contribution in [2.75, 3.05) is 33.5 Å². The number of carbonyl (C=O) groups excluding carboxylic acids is 1. The Labute approximate surface area is 119 Å². The Bertz CT molecular complexity index is 424. The van der Waals surface area contributed by atoms with E-state index in [9.17, 15) is 4.79 Å². The molecule has 1 N–H and O–H groups in total. The van der Waals surface area contributed by atoms with E-state index in [4.69, 9.17) is 14.2 Å². The highest BCUT2D eigenvalue weighted by atomic mass is 16.6. The molecule has 112 valence electrons. The first-order valence-electron chi connectivity index (χ1n) is 6.62. The summed E-state index contributed by atoms with van der Waals surface area (Å²) in [7, 11) is 1.65. The number of aryl methyl sites for hydroxylation is 1. The van der Waals surface area contributed by atoms with Gasteiger partial charge in [0, 0.05) is 25.9 Å². The molecule has 0 radical (unpaired) electrons. The number of carbonyl (C=O) groups is 1. The lowest BCUT2D eigenvalue weighted by atomic mass is 10.3. The van der Waals surface area contributed by atoms with Crippen molar-refractivity contribution < 1.29 is 19.0 Å². The monoisotopic (exact) mass is 282 g/mol. The van der Waals surface area contributed by atoms with Crippen LogP contribution >= 0.6 is 0 Å². The Hall–Kier alpha value is -1.66. The fourth-order valence-electron chi connectivity index (χ4n) is 1.58. The molecule has 0 unspecified atom stereocenters. The summed E-state index contributed by atoms with van der Waals surface area (Å²) in [5.74, 6) is 0.208. The Kier molecular flexibility index (Phi) is 7.60. The Morgan fingerprint density at radius 2 is 2.20 bits per heavy atom. The highest BCUT2D eigenvalue weighted by Crippen LogP contribution is 2.16. The van der Waals surface area contributed by atoms with E-state index < -0.39 is 0 Å². The number of nitrogens with zero attached hydrogens (tertiary/aromatic N) is 1. The van der Waals surface area contributed by atoms with Gasteiger partial charge in [0.25, 0.3) is 0 Å². The zero-order valence-corrected chi connectivity index (χ0v) is 12.3. The third-order valence-corrected chi connectivity index (χ3v) is 2.50. The first-order chi connectivity index (χ1) is 9.67. The summed E-state index contributed by atoms with van der Waals surface area (Å²) in [6, 6.07) is 3.66. The van der Waals surface area contributed by atoms with Crippen LogP contribution in [-0.2, 0) is 20.8 Å². The first-order valence-corrected chi connectivity index (χ1v) is 6.62. The van der Waals surface area contributed by atoms with Gasteiger partial charge in [0.05, 0.1) is 18.9 Å². The van der Waals surface area contributed by atoms with Crippen molar-refractivity contribution in [2.24, 2.45) is 0 Å². The fraction of sp³-hybridized carbons (Fsp3) is 0.571. The van der Waals surface area contributed by atoms with Crippen LogP contribution in [0, 0.1) is 6.92 Å². The number of hydrogen-bond donors (Lipinski definition) is 1. The van der Waals surface area contributed by atoms with Crippen LogP contribution in [0.3, 0.4) is 0 Å². The number of hydrogen-bond acceptors (Lipinski definition) is 6. The molecule has 6 heteroatoms. The highest BCUT2D eigenvalue weighted by Gasteiger charge is 2.09. The molecule has 20 heavy (non-hydrogen) atoms. The Balaban J connectivity index is 2.57. The summed E-state index contributed by atoms with van der Waals surface area (Å²) in [6.45, 7) is 5.82. The van der Waals surface area contributed by atoms with Crippen molar-refractivity contribution >= 4 is 5.97 Å². The van der Waals surface area contributed by atoms with E-state index in [-0.39, 0.29) is 12.6 Å². The molecule has 0 aliphatic carbocycles. The molecule has 0 saturated heterocycles. The van der Waals surface area contributed by atoms with Crippen molar-refractivity contribution in [3.8, 4) is 5.75 Å². The van der Waals surface area contributed by atoms with Gasteiger partial charge in [-0.3, -0.25) is 4.98 Å². The standard InChI is InChI=1S/C14H22N2O4/c1-4-19-14(17)10-20-13-6-5-11(2)16-12(13)9-15-7-8-18-3/h5-6,15H,4,7-10H2,1-3H3. The van der Waals surface area contributed by atoms with Gasteiger partial charge < -0.3 is 19.5 Å². The molecule has 6 nitrogen and oxygen atoms in total. The lowest BCUT2D eigenvalue weighted by Gasteiger charge is -2.11. The average molecular weight is 282 g/mol. The van der Waals surface area contributed by atoms with E-state index in [2.05, 4.69) is 10.3 Å². The van der Waals surface area contributed by atoms with E-state index in [0.717, 1.165) is 17.9 Å². The second-order valence-electron chi connectivity index (χ2n) is 4.16. The fourth-order valence-corrected chi connectivity index (χ4v) is 1.58. The Morgan fingerprint density at radius 3 is 2.90 bits per heavy atom. The van der Waals surface area contributed by atoms with Crippen LogP contribution in [0.1, 0.15) is 18.3 Å². The first kappa shape index (κ1) is 16.4. The summed E-state index contributed by atoms with van der Waals surface area (Å²) in [5.41, 5.74) is 1.67. The van der Waals surface area contributed by atoms with Crippen LogP contribution in [-0.4, -0.2) is 44.4 Å². The topological polar surface area (TPSA) is 69.7 Å². The molecule has 0 aliphatic rings. The molecule has 1 aromatic heterocycles. The van der Waals surface area contributed by atoms with Gasteiger partial charge in [0.1, 0.15) is 5.75 Å². The molecule has 0 bridgehead atoms. The summed E-state index contributed by atoms with van der Waals surface area (Å²) < 4.78 is 15.2. The van der Waals surface area contributed by atoms with Crippen LogP contribution in [0.4, 0.5) is 0 Å². The number of methoxy groups -OCH3 is 1. The second-order valence-corrected chi connectivity index (χ2v) is 4.16. The van der Waals surface area contributed by atoms with Gasteiger partial charge in [0.15, 0.2) is 6.61 Å². The van der Waals surface area contributed by atoms with Gasteiger partial charge in [-0.05, 0) is 26.0 Å². The van der Waals surface area contributed by atoms with E-state index in [1.165, 1.54) is 0 Å². The predicted octanol–water partition coefficient (Wildman–Crippen LogP) is 1.07. The summed E-state index contributed by atoms with van der Waals surface area (Å²) in [5, 5.41) is 3.20. The van der Waals surface area contributed by atoms with E-state index in [1.54, 1.807) is 14.0 Å². The van der Waals surface area contributed by atoms with Gasteiger partial charge in [-0.1, -0.05) is 0 Å². The van der Waals surface area contributed by atoms with Gasteiger partial charge in [0.2, 0.25) is 0 Å². The van der Waals surface area contributed by atoms with Crippen molar-refractivity contribution in [1.82, 2.24) is 10.3 Å². The molecular formula is C14H22N2O4. The van der Waals surface area contributed by atoms with Crippen molar-refractivity contribution in [3.05, 3.63) is 23.5 Å². The lowest BCUT2D eigenvalue weighted by molar-refractivity contribution is -0.145. The average Bonchev–Trinajstić information content (AvgIpc) is 2.43. The van der Waals surface area contributed by atoms with E-state index in [0.29, 0.717) is 25.5 Å². The van der Waals surface area contributed by atoms with Crippen LogP contribution in [0.25, 0.3) is 0 Å². The molecule has 0 spiro atoms. The summed E-state index contributed by atoms with van der Waals surface area (Å²) in [6.07, 6.45) is 0. The lowest BCUT2D eigenvalue weighted by Crippen LogP contribution is -2.21. The smallest absolute Gasteiger partial charge is 0.344 e. The normalized spacial score (nSPS) is 10.3. The highest BCUT2D eigenvalue weighted by molar-refractivity contribution is 5.71. The molecule has 0 aliphatic heterocycles. The number of esters is 1. The molecule has 0 fully saturated rings. The molecule has 1 heterocycles. The third-order valence-electron chi connectivity index (χ3n) is 2.50. The molecule has 1 aromatic rings. The maximum atomic E-state index is 11.3. The SMILES string of the molecule is CCOC(=O)COc1ccc(C)nc1CNCCOC. The quantitative estimate of drug-likeness (QED) is 0.539. The maximum Gasteiger partial charge on any atom is 0.344 e. The van der Waals surface area contributed by atoms with E-state index in [1.807, 2.05) is 19.1 Å². The van der Waals surface area contributed by atoms with Gasteiger partial charge in [-0.15, -0.1) is 0 Å². The molecule has 0 aromatic carbocycles. The summed E-state index contributed by atoms with van der Waals surface area (Å²) in [4.78, 5) is 15.7. The molecule has 0 saturated carbocycles. The largest absolute Gasteiger partial charge is 0.480 e. The maximum absolute atomic E-state index is 11.3. The number of rotatable bonds is 9. The van der Waals surface area contributed by atoms with Crippen LogP contribution in [0.5, 0.6) is 5.75 Å². The van der Waals surface area contributed by atoms with E-state index >= 15 is 0 Å². The number of nitrogens with one attached hydrogen (secondary N) is 1. The van der Waals surface area contributed by atoms with Crippen LogP contribution in [0.2, 0.25) is 0 Å².